The van der Waals surface area contributed by atoms with Gasteiger partial charge in [0.15, 0.2) is 0 Å². The van der Waals surface area contributed by atoms with E-state index in [1.54, 1.807) is 0 Å². The fraction of sp³-hybridized carbons (Fsp3) is 0.333. The third-order valence-electron chi connectivity index (χ3n) is 2.31. The van der Waals surface area contributed by atoms with E-state index in [9.17, 15) is 9.59 Å². The average molecular weight is 335 g/mol. The summed E-state index contributed by atoms with van der Waals surface area (Å²) >= 11 is 8.79. The molecule has 1 rings (SSSR count). The lowest BCUT2D eigenvalue weighted by molar-refractivity contribution is -0.141. The molecule has 98 valence electrons. The van der Waals surface area contributed by atoms with Crippen molar-refractivity contribution in [2.45, 2.75) is 12.5 Å². The Balaban J connectivity index is 2.88. The first-order valence-corrected chi connectivity index (χ1v) is 6.57. The van der Waals surface area contributed by atoms with Crippen LogP contribution in [0.2, 0.25) is 0 Å². The van der Waals surface area contributed by atoms with Crippen LogP contribution < -0.4 is 5.32 Å². The Bertz CT molecular complexity index is 421. The minimum atomic E-state index is -0.443. The molecule has 4 nitrogen and oxygen atoms in total. The van der Waals surface area contributed by atoms with Crippen LogP contribution in [0.15, 0.2) is 28.7 Å². The molecule has 0 spiro atoms. The van der Waals surface area contributed by atoms with Crippen LogP contribution in [0, 0.1) is 0 Å². The molecule has 0 aliphatic heterocycles. The summed E-state index contributed by atoms with van der Waals surface area (Å²) in [7, 11) is 1.31. The minimum Gasteiger partial charge on any atom is -0.469 e. The van der Waals surface area contributed by atoms with Crippen molar-refractivity contribution in [3.63, 3.8) is 0 Å². The molecule has 1 aromatic carbocycles. The van der Waals surface area contributed by atoms with E-state index in [1.807, 2.05) is 24.3 Å². The molecule has 0 unspecified atom stereocenters. The van der Waals surface area contributed by atoms with Crippen LogP contribution in [0.5, 0.6) is 0 Å². The lowest BCUT2D eigenvalue weighted by atomic mass is 10.0. The summed E-state index contributed by atoms with van der Waals surface area (Å²) in [6.45, 7) is 0. The topological polar surface area (TPSA) is 55.4 Å². The van der Waals surface area contributed by atoms with Crippen LogP contribution in [0.4, 0.5) is 0 Å². The highest BCUT2D eigenvalue weighted by Crippen LogP contribution is 2.21. The molecule has 0 saturated heterocycles. The summed E-state index contributed by atoms with van der Waals surface area (Å²) in [4.78, 5) is 22.7. The zero-order chi connectivity index (χ0) is 13.5. The van der Waals surface area contributed by atoms with Gasteiger partial charge in [0.05, 0.1) is 19.6 Å². The molecule has 6 heteroatoms. The van der Waals surface area contributed by atoms with Gasteiger partial charge in [-0.15, -0.1) is 11.6 Å². The summed E-state index contributed by atoms with van der Waals surface area (Å²) in [5.41, 5.74) is 0.813. The van der Waals surface area contributed by atoms with Gasteiger partial charge in [0.2, 0.25) is 5.91 Å². The normalized spacial score (nSPS) is 11.7. The van der Waals surface area contributed by atoms with Crippen LogP contribution >= 0.6 is 27.5 Å². The third-order valence-corrected chi connectivity index (χ3v) is 3.04. The fourth-order valence-corrected chi connectivity index (χ4v) is 1.95. The van der Waals surface area contributed by atoms with Gasteiger partial charge in [0.25, 0.3) is 0 Å². The molecule has 0 saturated carbocycles. The van der Waals surface area contributed by atoms with Crippen molar-refractivity contribution in [2.24, 2.45) is 0 Å². The number of esters is 1. The quantitative estimate of drug-likeness (QED) is 0.664. The second-order valence-corrected chi connectivity index (χ2v) is 4.77. The van der Waals surface area contributed by atoms with Crippen LogP contribution in [0.3, 0.4) is 0 Å². The van der Waals surface area contributed by atoms with Gasteiger partial charge >= 0.3 is 5.97 Å². The Labute approximate surface area is 119 Å². The van der Waals surface area contributed by atoms with Crippen molar-refractivity contribution in [2.75, 3.05) is 13.0 Å². The Morgan fingerprint density at radius 1 is 1.50 bits per heavy atom. The lowest BCUT2D eigenvalue weighted by Gasteiger charge is -2.17. The van der Waals surface area contributed by atoms with E-state index in [4.69, 9.17) is 11.6 Å². The number of hydrogen-bond acceptors (Lipinski definition) is 3. The molecule has 0 fully saturated rings. The predicted octanol–water partition coefficient (Wildman–Crippen LogP) is 2.41. The molecule has 0 aromatic heterocycles. The van der Waals surface area contributed by atoms with Gasteiger partial charge in [0, 0.05) is 4.47 Å². The first-order chi connectivity index (χ1) is 8.56. The molecule has 1 amide bonds. The molecule has 1 aromatic rings. The van der Waals surface area contributed by atoms with Crippen molar-refractivity contribution < 1.29 is 14.3 Å². The number of carbonyl (C=O) groups is 2. The molecule has 0 aliphatic carbocycles. The Hall–Kier alpha value is -1.07. The maximum atomic E-state index is 11.3. The monoisotopic (exact) mass is 333 g/mol. The number of rotatable bonds is 5. The second-order valence-electron chi connectivity index (χ2n) is 3.59. The van der Waals surface area contributed by atoms with E-state index in [-0.39, 0.29) is 18.2 Å². The molecular formula is C12H13BrClNO3. The smallest absolute Gasteiger partial charge is 0.307 e. The number of benzene rings is 1. The van der Waals surface area contributed by atoms with Crippen molar-refractivity contribution in [1.29, 1.82) is 0 Å². The van der Waals surface area contributed by atoms with E-state index in [0.717, 1.165) is 10.0 Å². The number of hydrogen-bond donors (Lipinski definition) is 1. The first kappa shape index (κ1) is 15.0. The van der Waals surface area contributed by atoms with E-state index in [2.05, 4.69) is 26.0 Å². The summed E-state index contributed by atoms with van der Waals surface area (Å²) in [6, 6.07) is 6.91. The second kappa shape index (κ2) is 7.38. The van der Waals surface area contributed by atoms with Gasteiger partial charge in [0.1, 0.15) is 5.88 Å². The fourth-order valence-electron chi connectivity index (χ4n) is 1.46. The van der Waals surface area contributed by atoms with Crippen molar-refractivity contribution in [3.05, 3.63) is 34.3 Å². The van der Waals surface area contributed by atoms with E-state index in [0.29, 0.717) is 0 Å². The molecule has 0 aliphatic rings. The van der Waals surface area contributed by atoms with Gasteiger partial charge in [-0.05, 0) is 17.7 Å². The van der Waals surface area contributed by atoms with Crippen LogP contribution in [-0.4, -0.2) is 24.9 Å². The van der Waals surface area contributed by atoms with Crippen molar-refractivity contribution in [3.8, 4) is 0 Å². The SMILES string of the molecule is COC(=O)C[C@H](NC(=O)CCl)c1cccc(Br)c1. The number of ether oxygens (including phenoxy) is 1. The highest BCUT2D eigenvalue weighted by atomic mass is 79.9. The van der Waals surface area contributed by atoms with E-state index < -0.39 is 12.0 Å². The van der Waals surface area contributed by atoms with E-state index in [1.165, 1.54) is 7.11 Å². The van der Waals surface area contributed by atoms with Gasteiger partial charge < -0.3 is 10.1 Å². The van der Waals surface area contributed by atoms with Gasteiger partial charge in [-0.1, -0.05) is 28.1 Å². The van der Waals surface area contributed by atoms with E-state index >= 15 is 0 Å². The summed E-state index contributed by atoms with van der Waals surface area (Å²) in [6.07, 6.45) is 0.0651. The Morgan fingerprint density at radius 2 is 2.22 bits per heavy atom. The van der Waals surface area contributed by atoms with Gasteiger partial charge in [-0.2, -0.15) is 0 Å². The Morgan fingerprint density at radius 3 is 2.78 bits per heavy atom. The summed E-state index contributed by atoms with van der Waals surface area (Å²) in [5.74, 6) is -0.869. The maximum absolute atomic E-state index is 11.3. The zero-order valence-corrected chi connectivity index (χ0v) is 12.1. The van der Waals surface area contributed by atoms with Gasteiger partial charge in [-0.25, -0.2) is 0 Å². The third kappa shape index (κ3) is 4.66. The number of nitrogens with one attached hydrogen (secondary N) is 1. The number of methoxy groups -OCH3 is 1. The standard InChI is InChI=1S/C12H13BrClNO3/c1-18-12(17)6-10(15-11(16)7-14)8-3-2-4-9(13)5-8/h2-5,10H,6-7H2,1H3,(H,15,16)/t10-/m0/s1. The van der Waals surface area contributed by atoms with Crippen molar-refractivity contribution in [1.82, 2.24) is 5.32 Å². The molecule has 0 heterocycles. The van der Waals surface area contributed by atoms with Crippen molar-refractivity contribution >= 4 is 39.4 Å². The highest BCUT2D eigenvalue weighted by molar-refractivity contribution is 9.10. The summed E-state index contributed by atoms with van der Waals surface area (Å²) < 4.78 is 5.48. The Kier molecular flexibility index (Phi) is 6.15. The summed E-state index contributed by atoms with van der Waals surface area (Å²) in [5, 5.41) is 2.68. The lowest BCUT2D eigenvalue weighted by Crippen LogP contribution is -2.31. The predicted molar refractivity (Wildman–Crippen MR) is 72.4 cm³/mol. The number of alkyl halides is 1. The maximum Gasteiger partial charge on any atom is 0.307 e. The average Bonchev–Trinajstić information content (AvgIpc) is 2.37. The van der Waals surface area contributed by atoms with Crippen LogP contribution in [0.25, 0.3) is 0 Å². The molecule has 0 radical (unpaired) electrons. The number of carbonyl (C=O) groups excluding carboxylic acids is 2. The molecular weight excluding hydrogens is 321 g/mol. The van der Waals surface area contributed by atoms with Crippen LogP contribution in [-0.2, 0) is 14.3 Å². The molecule has 1 atom stereocenters. The largest absolute Gasteiger partial charge is 0.469 e. The molecule has 1 N–H and O–H groups in total. The zero-order valence-electron chi connectivity index (χ0n) is 9.78. The van der Waals surface area contributed by atoms with Crippen LogP contribution in [0.1, 0.15) is 18.0 Å². The minimum absolute atomic E-state index is 0.0651. The van der Waals surface area contributed by atoms with Gasteiger partial charge in [-0.3, -0.25) is 9.59 Å². The number of halogens is 2. The number of amides is 1. The molecule has 18 heavy (non-hydrogen) atoms. The first-order valence-electron chi connectivity index (χ1n) is 5.24. The molecule has 0 bridgehead atoms. The highest BCUT2D eigenvalue weighted by Gasteiger charge is 2.18.